The summed E-state index contributed by atoms with van der Waals surface area (Å²) in [6.07, 6.45) is 0.535. The summed E-state index contributed by atoms with van der Waals surface area (Å²) < 4.78 is 32.8. The number of carbonyl (C=O) groups is 1. The van der Waals surface area contributed by atoms with Gasteiger partial charge in [0.2, 0.25) is 0 Å². The van der Waals surface area contributed by atoms with Crippen molar-refractivity contribution in [2.45, 2.75) is 19.4 Å². The Morgan fingerprint density at radius 2 is 1.86 bits per heavy atom. The molecule has 0 aliphatic rings. The fourth-order valence-electron chi connectivity index (χ4n) is 2.21. The predicted molar refractivity (Wildman–Crippen MR) is 82.1 cm³/mol. The smallest absolute Gasteiger partial charge is 0.199 e. The van der Waals surface area contributed by atoms with Gasteiger partial charge in [-0.25, -0.2) is 8.78 Å². The maximum Gasteiger partial charge on any atom is 0.199 e. The molecule has 0 aliphatic carbocycles. The summed E-state index contributed by atoms with van der Waals surface area (Å²) in [5, 5.41) is 0. The lowest BCUT2D eigenvalue weighted by Crippen LogP contribution is -2.15. The second-order valence-electron chi connectivity index (χ2n) is 4.90. The first-order valence-electron chi connectivity index (χ1n) is 6.91. The summed E-state index contributed by atoms with van der Waals surface area (Å²) in [7, 11) is 1.36. The van der Waals surface area contributed by atoms with Crippen LogP contribution in [0.15, 0.2) is 36.4 Å². The number of rotatable bonds is 5. The Balaban J connectivity index is 0.00000264. The minimum atomic E-state index is -0.692. The van der Waals surface area contributed by atoms with Gasteiger partial charge in [0.1, 0.15) is 22.9 Å². The van der Waals surface area contributed by atoms with Crippen LogP contribution in [0.4, 0.5) is 8.78 Å². The highest BCUT2D eigenvalue weighted by molar-refractivity contribution is 6.11. The summed E-state index contributed by atoms with van der Waals surface area (Å²) in [4.78, 5) is 12.5. The number of hydrogen-bond donors (Lipinski definition) is 1. The zero-order valence-electron chi connectivity index (χ0n) is 12.4. The van der Waals surface area contributed by atoms with Crippen molar-refractivity contribution >= 4 is 5.78 Å². The summed E-state index contributed by atoms with van der Waals surface area (Å²) in [6, 6.07) is 7.45. The van der Waals surface area contributed by atoms with Crippen molar-refractivity contribution in [1.82, 2.24) is 0 Å². The van der Waals surface area contributed by atoms with E-state index in [0.717, 1.165) is 12.1 Å². The molecule has 0 radical (unpaired) electrons. The topological polar surface area (TPSA) is 52.3 Å². The monoisotopic (exact) mass is 307 g/mol. The molecule has 0 aromatic heterocycles. The molecule has 2 aromatic carbocycles. The molecule has 2 N–H and O–H groups in total. The van der Waals surface area contributed by atoms with E-state index in [9.17, 15) is 13.6 Å². The van der Waals surface area contributed by atoms with Gasteiger partial charge in [-0.2, -0.15) is 0 Å². The average molecular weight is 307 g/mol. The van der Waals surface area contributed by atoms with Crippen molar-refractivity contribution in [3.05, 3.63) is 64.7 Å². The highest BCUT2D eigenvalue weighted by Gasteiger charge is 2.24. The number of nitrogens with two attached hydrogens (primary N) is 1. The first kappa shape index (κ1) is 16.1. The zero-order chi connectivity index (χ0) is 16.3. The number of ketones is 1. The van der Waals surface area contributed by atoms with Crippen molar-refractivity contribution < 1.29 is 19.7 Å². The lowest BCUT2D eigenvalue weighted by Gasteiger charge is -2.15. The molecule has 118 valence electrons. The van der Waals surface area contributed by atoms with Crippen LogP contribution in [-0.4, -0.2) is 12.9 Å². The van der Waals surface area contributed by atoms with Crippen LogP contribution in [0.3, 0.4) is 0 Å². The Morgan fingerprint density at radius 1 is 1.23 bits per heavy atom. The molecule has 5 heteroatoms. The van der Waals surface area contributed by atoms with Crippen molar-refractivity contribution in [1.29, 1.82) is 0 Å². The molecular weight excluding hydrogens is 288 g/mol. The van der Waals surface area contributed by atoms with E-state index in [-0.39, 0.29) is 23.9 Å². The van der Waals surface area contributed by atoms with Crippen LogP contribution in [0.25, 0.3) is 0 Å². The van der Waals surface area contributed by atoms with E-state index < -0.39 is 23.5 Å². The minimum absolute atomic E-state index is 0. The van der Waals surface area contributed by atoms with Crippen molar-refractivity contribution in [3.63, 3.8) is 0 Å². The van der Waals surface area contributed by atoms with Gasteiger partial charge in [0.25, 0.3) is 0 Å². The third-order valence-corrected chi connectivity index (χ3v) is 3.53. The number of halogens is 2. The van der Waals surface area contributed by atoms with Gasteiger partial charge in [0.15, 0.2) is 5.78 Å². The Kier molecular flexibility index (Phi) is 4.88. The van der Waals surface area contributed by atoms with Crippen LogP contribution < -0.4 is 10.5 Å². The standard InChI is InChI=1S/C17H17F2NO2.H2/c1-3-13(20)12-8-9-14(22-2)15(16(12)19)17(21)10-4-6-11(18)7-5-10;/h4-9,13H,3,20H2,1-2H3;1H/t13-;/m1./s1. The van der Waals surface area contributed by atoms with E-state index in [0.29, 0.717) is 6.42 Å². The maximum absolute atomic E-state index is 14.7. The van der Waals surface area contributed by atoms with Gasteiger partial charge in [-0.1, -0.05) is 13.0 Å². The average Bonchev–Trinajstić information content (AvgIpc) is 2.53. The maximum atomic E-state index is 14.7. The van der Waals surface area contributed by atoms with E-state index in [1.807, 2.05) is 6.92 Å². The molecule has 0 unspecified atom stereocenters. The van der Waals surface area contributed by atoms with Crippen LogP contribution in [0.5, 0.6) is 5.75 Å². The van der Waals surface area contributed by atoms with E-state index >= 15 is 0 Å². The molecule has 0 saturated carbocycles. The highest BCUT2D eigenvalue weighted by Crippen LogP contribution is 2.30. The van der Waals surface area contributed by atoms with Gasteiger partial charge < -0.3 is 10.5 Å². The quantitative estimate of drug-likeness (QED) is 0.853. The molecule has 0 heterocycles. The largest absolute Gasteiger partial charge is 0.496 e. The molecule has 0 spiro atoms. The third-order valence-electron chi connectivity index (χ3n) is 3.53. The molecule has 0 bridgehead atoms. The normalized spacial score (nSPS) is 12.0. The molecule has 22 heavy (non-hydrogen) atoms. The number of methoxy groups -OCH3 is 1. The second kappa shape index (κ2) is 6.66. The van der Waals surface area contributed by atoms with E-state index in [1.165, 1.54) is 31.4 Å². The first-order chi connectivity index (χ1) is 10.5. The van der Waals surface area contributed by atoms with E-state index in [4.69, 9.17) is 10.5 Å². The molecule has 1 atom stereocenters. The second-order valence-corrected chi connectivity index (χ2v) is 4.90. The number of carbonyl (C=O) groups excluding carboxylic acids is 1. The van der Waals surface area contributed by atoms with Crippen molar-refractivity contribution in [2.75, 3.05) is 7.11 Å². The van der Waals surface area contributed by atoms with Gasteiger partial charge in [-0.05, 0) is 36.8 Å². The Labute approximate surface area is 129 Å². The fourth-order valence-corrected chi connectivity index (χ4v) is 2.21. The SMILES string of the molecule is CC[C@@H](N)c1ccc(OC)c(C(=O)c2ccc(F)cc2)c1F.[HH]. The first-order valence-corrected chi connectivity index (χ1v) is 6.91. The summed E-state index contributed by atoms with van der Waals surface area (Å²) in [6.45, 7) is 1.83. The third kappa shape index (κ3) is 2.99. The van der Waals surface area contributed by atoms with E-state index in [2.05, 4.69) is 0 Å². The van der Waals surface area contributed by atoms with Crippen LogP contribution in [0.1, 0.15) is 42.3 Å². The summed E-state index contributed by atoms with van der Waals surface area (Å²) in [5.41, 5.74) is 6.13. The summed E-state index contributed by atoms with van der Waals surface area (Å²) >= 11 is 0. The van der Waals surface area contributed by atoms with Crippen molar-refractivity contribution in [3.8, 4) is 5.75 Å². The predicted octanol–water partition coefficient (Wildman–Crippen LogP) is 3.86. The van der Waals surface area contributed by atoms with E-state index in [1.54, 1.807) is 0 Å². The summed E-state index contributed by atoms with van der Waals surface area (Å²) in [5.74, 6) is -1.60. The highest BCUT2D eigenvalue weighted by atomic mass is 19.1. The van der Waals surface area contributed by atoms with Crippen LogP contribution >= 0.6 is 0 Å². The van der Waals surface area contributed by atoms with Crippen LogP contribution in [0.2, 0.25) is 0 Å². The molecule has 0 aliphatic heterocycles. The molecule has 2 rings (SSSR count). The molecule has 0 saturated heterocycles. The fraction of sp³-hybridized carbons (Fsp3) is 0.235. The van der Waals surface area contributed by atoms with Gasteiger partial charge in [-0.3, -0.25) is 4.79 Å². The molecule has 0 fully saturated rings. The van der Waals surface area contributed by atoms with Gasteiger partial charge >= 0.3 is 0 Å². The van der Waals surface area contributed by atoms with Crippen molar-refractivity contribution in [2.24, 2.45) is 5.73 Å². The van der Waals surface area contributed by atoms with Crippen LogP contribution in [-0.2, 0) is 0 Å². The lowest BCUT2D eigenvalue weighted by atomic mass is 9.96. The Bertz CT molecular complexity index is 690. The lowest BCUT2D eigenvalue weighted by molar-refractivity contribution is 0.103. The number of benzene rings is 2. The number of hydrogen-bond acceptors (Lipinski definition) is 3. The van der Waals surface area contributed by atoms with Crippen LogP contribution in [0, 0.1) is 11.6 Å². The number of ether oxygens (including phenoxy) is 1. The molecule has 0 amide bonds. The molecule has 2 aromatic rings. The Morgan fingerprint density at radius 3 is 2.41 bits per heavy atom. The zero-order valence-corrected chi connectivity index (χ0v) is 12.4. The van der Waals surface area contributed by atoms with Gasteiger partial charge in [0, 0.05) is 18.6 Å². The van der Waals surface area contributed by atoms with Gasteiger partial charge in [-0.15, -0.1) is 0 Å². The molecule has 3 nitrogen and oxygen atoms in total. The van der Waals surface area contributed by atoms with Gasteiger partial charge in [0.05, 0.1) is 7.11 Å². The Hall–Kier alpha value is -2.27. The molecular formula is C17H19F2NO2. The minimum Gasteiger partial charge on any atom is -0.496 e.